The standard InChI is InChI=1S/C12H15N5OS/c1-2-13-7-11(18)16-9-3-5-10(6-4-9)19-12-14-8-15-17-12/h3-6,8,13H,2,7H2,1H3,(H,16,18)(H,14,15,17). The summed E-state index contributed by atoms with van der Waals surface area (Å²) < 4.78 is 0. The number of nitrogens with zero attached hydrogens (tertiary/aromatic N) is 2. The maximum Gasteiger partial charge on any atom is 0.238 e. The van der Waals surface area contributed by atoms with E-state index in [1.165, 1.54) is 18.1 Å². The van der Waals surface area contributed by atoms with E-state index in [1.54, 1.807) is 0 Å². The van der Waals surface area contributed by atoms with Gasteiger partial charge in [0.25, 0.3) is 0 Å². The van der Waals surface area contributed by atoms with Crippen LogP contribution in [0.2, 0.25) is 0 Å². The van der Waals surface area contributed by atoms with E-state index in [1.807, 2.05) is 31.2 Å². The Kier molecular flexibility index (Phi) is 4.93. The molecule has 0 saturated heterocycles. The van der Waals surface area contributed by atoms with Crippen LogP contribution in [0, 0.1) is 0 Å². The Balaban J connectivity index is 1.89. The van der Waals surface area contributed by atoms with E-state index in [4.69, 9.17) is 0 Å². The van der Waals surface area contributed by atoms with Crippen molar-refractivity contribution in [2.24, 2.45) is 0 Å². The van der Waals surface area contributed by atoms with Crippen LogP contribution in [0.1, 0.15) is 6.92 Å². The van der Waals surface area contributed by atoms with Gasteiger partial charge in [0.2, 0.25) is 5.91 Å². The number of benzene rings is 1. The summed E-state index contributed by atoms with van der Waals surface area (Å²) >= 11 is 1.48. The highest BCUT2D eigenvalue weighted by atomic mass is 32.2. The number of carbonyl (C=O) groups excluding carboxylic acids is 1. The van der Waals surface area contributed by atoms with E-state index < -0.39 is 0 Å². The monoisotopic (exact) mass is 277 g/mol. The van der Waals surface area contributed by atoms with Crippen LogP contribution in [0.4, 0.5) is 5.69 Å². The lowest BCUT2D eigenvalue weighted by molar-refractivity contribution is -0.115. The zero-order chi connectivity index (χ0) is 13.5. The van der Waals surface area contributed by atoms with Crippen molar-refractivity contribution in [3.05, 3.63) is 30.6 Å². The van der Waals surface area contributed by atoms with Crippen molar-refractivity contribution in [2.75, 3.05) is 18.4 Å². The third kappa shape index (κ3) is 4.38. The zero-order valence-corrected chi connectivity index (χ0v) is 11.3. The minimum Gasteiger partial charge on any atom is -0.325 e. The predicted octanol–water partition coefficient (Wildman–Crippen LogP) is 1.50. The molecular weight excluding hydrogens is 262 g/mol. The molecule has 1 heterocycles. The van der Waals surface area contributed by atoms with E-state index in [0.29, 0.717) is 6.54 Å². The molecule has 0 atom stereocenters. The van der Waals surface area contributed by atoms with E-state index in [9.17, 15) is 4.79 Å². The molecule has 0 fully saturated rings. The van der Waals surface area contributed by atoms with Crippen molar-refractivity contribution < 1.29 is 4.79 Å². The smallest absolute Gasteiger partial charge is 0.238 e. The van der Waals surface area contributed by atoms with Crippen molar-refractivity contribution >= 4 is 23.4 Å². The van der Waals surface area contributed by atoms with Gasteiger partial charge in [0.15, 0.2) is 5.16 Å². The summed E-state index contributed by atoms with van der Waals surface area (Å²) in [5.41, 5.74) is 0.782. The first-order chi connectivity index (χ1) is 9.28. The van der Waals surface area contributed by atoms with Crippen molar-refractivity contribution in [3.8, 4) is 0 Å². The molecule has 7 heteroatoms. The average Bonchev–Trinajstić information content (AvgIpc) is 2.91. The Morgan fingerprint density at radius 3 is 2.79 bits per heavy atom. The Bertz CT molecular complexity index is 511. The molecule has 1 amide bonds. The number of anilines is 1. The number of hydrogen-bond donors (Lipinski definition) is 3. The molecule has 0 unspecified atom stereocenters. The molecule has 0 spiro atoms. The fourth-order valence-electron chi connectivity index (χ4n) is 1.41. The molecular formula is C12H15N5OS. The molecule has 2 rings (SSSR count). The summed E-state index contributed by atoms with van der Waals surface area (Å²) in [5.74, 6) is -0.0440. The molecule has 0 aliphatic heterocycles. The minimum atomic E-state index is -0.0440. The van der Waals surface area contributed by atoms with Gasteiger partial charge in [0.1, 0.15) is 6.33 Å². The number of rotatable bonds is 6. The predicted molar refractivity (Wildman–Crippen MR) is 74.1 cm³/mol. The second-order valence-corrected chi connectivity index (χ2v) is 4.81. The first kappa shape index (κ1) is 13.6. The molecule has 0 bridgehead atoms. The number of aromatic nitrogens is 3. The topological polar surface area (TPSA) is 82.7 Å². The number of likely N-dealkylation sites (N-methyl/N-ethyl adjacent to an activating group) is 1. The van der Waals surface area contributed by atoms with Crippen molar-refractivity contribution in [3.63, 3.8) is 0 Å². The summed E-state index contributed by atoms with van der Waals surface area (Å²) in [4.78, 5) is 16.6. The van der Waals surface area contributed by atoms with E-state index in [0.717, 1.165) is 22.3 Å². The summed E-state index contributed by atoms with van der Waals surface area (Å²) in [5, 5.41) is 13.1. The van der Waals surface area contributed by atoms with Crippen LogP contribution in [0.5, 0.6) is 0 Å². The molecule has 1 aromatic carbocycles. The summed E-state index contributed by atoms with van der Waals surface area (Å²) in [6, 6.07) is 7.58. The highest BCUT2D eigenvalue weighted by molar-refractivity contribution is 7.99. The van der Waals surface area contributed by atoms with Crippen LogP contribution >= 0.6 is 11.8 Å². The van der Waals surface area contributed by atoms with E-state index in [2.05, 4.69) is 25.8 Å². The fraction of sp³-hybridized carbons (Fsp3) is 0.250. The Labute approximate surface area is 115 Å². The summed E-state index contributed by atoms with van der Waals surface area (Å²) in [7, 11) is 0. The van der Waals surface area contributed by atoms with Gasteiger partial charge in [-0.1, -0.05) is 18.7 Å². The number of nitrogens with one attached hydrogen (secondary N) is 3. The molecule has 2 aromatic rings. The second-order valence-electron chi connectivity index (χ2n) is 3.75. The Morgan fingerprint density at radius 1 is 1.37 bits per heavy atom. The average molecular weight is 277 g/mol. The lowest BCUT2D eigenvalue weighted by Gasteiger charge is -2.06. The first-order valence-corrected chi connectivity index (χ1v) is 6.73. The fourth-order valence-corrected chi connectivity index (χ4v) is 2.10. The number of amides is 1. The van der Waals surface area contributed by atoms with Crippen molar-refractivity contribution in [2.45, 2.75) is 17.0 Å². The highest BCUT2D eigenvalue weighted by Gasteiger charge is 2.03. The largest absolute Gasteiger partial charge is 0.325 e. The van der Waals surface area contributed by atoms with Crippen molar-refractivity contribution in [1.29, 1.82) is 0 Å². The van der Waals surface area contributed by atoms with Crippen molar-refractivity contribution in [1.82, 2.24) is 20.5 Å². The molecule has 0 aliphatic carbocycles. The van der Waals surface area contributed by atoms with Gasteiger partial charge in [-0.2, -0.15) is 5.10 Å². The number of carbonyl (C=O) groups is 1. The molecule has 1 aromatic heterocycles. The molecule has 19 heavy (non-hydrogen) atoms. The lowest BCUT2D eigenvalue weighted by Crippen LogP contribution is -2.27. The summed E-state index contributed by atoms with van der Waals surface area (Å²) in [6.07, 6.45) is 1.47. The Morgan fingerprint density at radius 2 is 2.16 bits per heavy atom. The molecule has 100 valence electrons. The number of aromatic amines is 1. The van der Waals surface area contributed by atoms with Crippen LogP contribution < -0.4 is 10.6 Å². The number of H-pyrrole nitrogens is 1. The van der Waals surface area contributed by atoms with Gasteiger partial charge in [-0.05, 0) is 30.8 Å². The van der Waals surface area contributed by atoms with Crippen LogP contribution in [-0.2, 0) is 4.79 Å². The van der Waals surface area contributed by atoms with Gasteiger partial charge >= 0.3 is 0 Å². The normalized spacial score (nSPS) is 10.4. The quantitative estimate of drug-likeness (QED) is 0.745. The Hall–Kier alpha value is -1.86. The highest BCUT2D eigenvalue weighted by Crippen LogP contribution is 2.24. The molecule has 0 saturated carbocycles. The van der Waals surface area contributed by atoms with Gasteiger partial charge in [0, 0.05) is 10.6 Å². The molecule has 0 aliphatic rings. The van der Waals surface area contributed by atoms with E-state index in [-0.39, 0.29) is 5.91 Å². The molecule has 3 N–H and O–H groups in total. The third-order valence-electron chi connectivity index (χ3n) is 2.28. The van der Waals surface area contributed by atoms with E-state index >= 15 is 0 Å². The van der Waals surface area contributed by atoms with Gasteiger partial charge in [-0.3, -0.25) is 9.89 Å². The maximum atomic E-state index is 11.5. The van der Waals surface area contributed by atoms with Crippen LogP contribution in [0.3, 0.4) is 0 Å². The summed E-state index contributed by atoms with van der Waals surface area (Å²) in [6.45, 7) is 3.06. The third-order valence-corrected chi connectivity index (χ3v) is 3.18. The second kappa shape index (κ2) is 6.91. The van der Waals surface area contributed by atoms with Crippen LogP contribution in [0.15, 0.2) is 40.6 Å². The van der Waals surface area contributed by atoms with Gasteiger partial charge in [0.05, 0.1) is 6.54 Å². The zero-order valence-electron chi connectivity index (χ0n) is 10.5. The van der Waals surface area contributed by atoms with Crippen LogP contribution in [-0.4, -0.2) is 34.2 Å². The van der Waals surface area contributed by atoms with Crippen LogP contribution in [0.25, 0.3) is 0 Å². The van der Waals surface area contributed by atoms with Gasteiger partial charge in [-0.25, -0.2) is 4.98 Å². The SMILES string of the molecule is CCNCC(=O)Nc1ccc(Sc2ncn[nH]2)cc1. The number of hydrogen-bond acceptors (Lipinski definition) is 5. The minimum absolute atomic E-state index is 0.0440. The first-order valence-electron chi connectivity index (χ1n) is 5.92. The van der Waals surface area contributed by atoms with Gasteiger partial charge < -0.3 is 10.6 Å². The lowest BCUT2D eigenvalue weighted by atomic mass is 10.3. The maximum absolute atomic E-state index is 11.5. The van der Waals surface area contributed by atoms with Gasteiger partial charge in [-0.15, -0.1) is 0 Å². The molecule has 6 nitrogen and oxygen atoms in total. The molecule has 0 radical (unpaired) electrons.